The van der Waals surface area contributed by atoms with E-state index in [4.69, 9.17) is 11.6 Å². The molecule has 132 valence electrons. The number of rotatable bonds is 5. The smallest absolute Gasteiger partial charge is 0.270 e. The quantitative estimate of drug-likeness (QED) is 0.544. The standard InChI is InChI=1S/C18H15ClN4O3/c1-12(13-2-4-14(5-3-13)22-9-8-20-11-22)21-18(24)16-7-6-15(23(25)26)10-17(16)19/h2-12H,1H3,(H,21,24). The Bertz CT molecular complexity index is 940. The minimum Gasteiger partial charge on any atom is -0.345 e. The second-order valence-corrected chi connectivity index (χ2v) is 6.09. The van der Waals surface area contributed by atoms with Crippen LogP contribution in [-0.4, -0.2) is 20.4 Å². The number of carbonyl (C=O) groups excluding carboxylic acids is 1. The van der Waals surface area contributed by atoms with Crippen LogP contribution in [0, 0.1) is 10.1 Å². The molecule has 2 aromatic carbocycles. The van der Waals surface area contributed by atoms with Crippen LogP contribution in [0.25, 0.3) is 5.69 Å². The van der Waals surface area contributed by atoms with Gasteiger partial charge in [0.15, 0.2) is 0 Å². The lowest BCUT2D eigenvalue weighted by Crippen LogP contribution is -2.26. The average molecular weight is 371 g/mol. The molecule has 0 aliphatic rings. The Hall–Kier alpha value is -3.19. The van der Waals surface area contributed by atoms with Gasteiger partial charge in [-0.3, -0.25) is 14.9 Å². The molecule has 7 nitrogen and oxygen atoms in total. The minimum atomic E-state index is -0.558. The molecular formula is C18H15ClN4O3. The van der Waals surface area contributed by atoms with E-state index in [2.05, 4.69) is 10.3 Å². The molecule has 1 heterocycles. The SMILES string of the molecule is CC(NC(=O)c1ccc([N+](=O)[O-])cc1Cl)c1ccc(-n2ccnc2)cc1. The van der Waals surface area contributed by atoms with Crippen LogP contribution < -0.4 is 5.32 Å². The predicted octanol–water partition coefficient (Wildman–Crippen LogP) is 3.92. The number of halogens is 1. The van der Waals surface area contributed by atoms with Crippen LogP contribution >= 0.6 is 11.6 Å². The first-order valence-corrected chi connectivity index (χ1v) is 8.16. The van der Waals surface area contributed by atoms with Gasteiger partial charge >= 0.3 is 0 Å². The van der Waals surface area contributed by atoms with Crippen molar-refractivity contribution in [2.45, 2.75) is 13.0 Å². The lowest BCUT2D eigenvalue weighted by molar-refractivity contribution is -0.384. The molecule has 1 N–H and O–H groups in total. The molecule has 1 aromatic heterocycles. The van der Waals surface area contributed by atoms with Crippen molar-refractivity contribution < 1.29 is 9.72 Å². The van der Waals surface area contributed by atoms with Crippen LogP contribution in [0.4, 0.5) is 5.69 Å². The highest BCUT2D eigenvalue weighted by molar-refractivity contribution is 6.34. The van der Waals surface area contributed by atoms with Gasteiger partial charge in [-0.05, 0) is 30.7 Å². The molecule has 1 unspecified atom stereocenters. The average Bonchev–Trinajstić information content (AvgIpc) is 3.16. The molecule has 0 saturated heterocycles. The Morgan fingerprint density at radius 2 is 2.00 bits per heavy atom. The maximum atomic E-state index is 12.4. The number of carbonyl (C=O) groups is 1. The second-order valence-electron chi connectivity index (χ2n) is 5.68. The zero-order chi connectivity index (χ0) is 18.7. The lowest BCUT2D eigenvalue weighted by Gasteiger charge is -2.15. The van der Waals surface area contributed by atoms with E-state index in [1.807, 2.05) is 42.0 Å². The Morgan fingerprint density at radius 1 is 1.27 bits per heavy atom. The molecule has 1 amide bonds. The Morgan fingerprint density at radius 3 is 2.58 bits per heavy atom. The van der Waals surface area contributed by atoms with E-state index in [0.29, 0.717) is 0 Å². The number of nitro groups is 1. The molecule has 3 aromatic rings. The number of hydrogen-bond acceptors (Lipinski definition) is 4. The van der Waals surface area contributed by atoms with Crippen LogP contribution in [0.5, 0.6) is 0 Å². The number of non-ortho nitro benzene ring substituents is 1. The van der Waals surface area contributed by atoms with Crippen LogP contribution in [0.2, 0.25) is 5.02 Å². The van der Waals surface area contributed by atoms with Gasteiger partial charge in [-0.2, -0.15) is 0 Å². The molecule has 0 saturated carbocycles. The molecule has 3 rings (SSSR count). The van der Waals surface area contributed by atoms with E-state index < -0.39 is 10.8 Å². The van der Waals surface area contributed by atoms with Crippen molar-refractivity contribution in [3.63, 3.8) is 0 Å². The molecule has 0 bridgehead atoms. The molecule has 0 aliphatic heterocycles. The van der Waals surface area contributed by atoms with Gasteiger partial charge in [0, 0.05) is 30.2 Å². The minimum absolute atomic E-state index is 0.0411. The van der Waals surface area contributed by atoms with Crippen molar-refractivity contribution in [2.75, 3.05) is 0 Å². The number of hydrogen-bond donors (Lipinski definition) is 1. The fraction of sp³-hybridized carbons (Fsp3) is 0.111. The van der Waals surface area contributed by atoms with Crippen molar-refractivity contribution >= 4 is 23.2 Å². The van der Waals surface area contributed by atoms with E-state index in [1.54, 1.807) is 12.5 Å². The largest absolute Gasteiger partial charge is 0.345 e. The Kier molecular flexibility index (Phi) is 4.99. The highest BCUT2D eigenvalue weighted by Gasteiger charge is 2.17. The van der Waals surface area contributed by atoms with Crippen LogP contribution in [-0.2, 0) is 0 Å². The summed E-state index contributed by atoms with van der Waals surface area (Å²) in [6, 6.07) is 11.2. The van der Waals surface area contributed by atoms with Gasteiger partial charge < -0.3 is 9.88 Å². The fourth-order valence-electron chi connectivity index (χ4n) is 2.51. The predicted molar refractivity (Wildman–Crippen MR) is 97.6 cm³/mol. The van der Waals surface area contributed by atoms with Crippen LogP contribution in [0.15, 0.2) is 61.2 Å². The number of nitrogens with one attached hydrogen (secondary N) is 1. The fourth-order valence-corrected chi connectivity index (χ4v) is 2.77. The van der Waals surface area contributed by atoms with E-state index >= 15 is 0 Å². The third-order valence-electron chi connectivity index (χ3n) is 3.95. The number of nitro benzene ring substituents is 1. The number of benzene rings is 2. The summed E-state index contributed by atoms with van der Waals surface area (Å²) in [6.07, 6.45) is 5.25. The van der Waals surface area contributed by atoms with Gasteiger partial charge in [-0.1, -0.05) is 23.7 Å². The Balaban J connectivity index is 1.72. The summed E-state index contributed by atoms with van der Waals surface area (Å²) in [4.78, 5) is 26.6. The molecule has 0 fully saturated rings. The molecule has 0 aliphatic carbocycles. The van der Waals surface area contributed by atoms with E-state index in [-0.39, 0.29) is 22.3 Å². The summed E-state index contributed by atoms with van der Waals surface area (Å²) in [5, 5.41) is 13.6. The summed E-state index contributed by atoms with van der Waals surface area (Å²) < 4.78 is 1.88. The molecule has 1 atom stereocenters. The summed E-state index contributed by atoms with van der Waals surface area (Å²) in [5.41, 5.74) is 1.91. The number of amides is 1. The van der Waals surface area contributed by atoms with Gasteiger partial charge in [-0.15, -0.1) is 0 Å². The first-order chi connectivity index (χ1) is 12.5. The summed E-state index contributed by atoms with van der Waals surface area (Å²) in [7, 11) is 0. The van der Waals surface area contributed by atoms with Crippen molar-refractivity contribution in [3.8, 4) is 5.69 Å². The topological polar surface area (TPSA) is 90.1 Å². The van der Waals surface area contributed by atoms with Crippen molar-refractivity contribution in [2.24, 2.45) is 0 Å². The summed E-state index contributed by atoms with van der Waals surface area (Å²) in [5.74, 6) is -0.393. The molecule has 0 spiro atoms. The zero-order valence-electron chi connectivity index (χ0n) is 13.8. The third-order valence-corrected chi connectivity index (χ3v) is 4.26. The lowest BCUT2D eigenvalue weighted by atomic mass is 10.1. The van der Waals surface area contributed by atoms with Crippen molar-refractivity contribution in [1.29, 1.82) is 0 Å². The van der Waals surface area contributed by atoms with Gasteiger partial charge in [0.2, 0.25) is 0 Å². The number of imidazole rings is 1. The van der Waals surface area contributed by atoms with E-state index in [1.165, 1.54) is 18.2 Å². The van der Waals surface area contributed by atoms with Crippen LogP contribution in [0.1, 0.15) is 28.9 Å². The van der Waals surface area contributed by atoms with Gasteiger partial charge in [0.05, 0.1) is 27.9 Å². The van der Waals surface area contributed by atoms with E-state index in [9.17, 15) is 14.9 Å². The molecule has 26 heavy (non-hydrogen) atoms. The number of aromatic nitrogens is 2. The van der Waals surface area contributed by atoms with E-state index in [0.717, 1.165) is 11.3 Å². The van der Waals surface area contributed by atoms with Crippen molar-refractivity contribution in [1.82, 2.24) is 14.9 Å². The van der Waals surface area contributed by atoms with Gasteiger partial charge in [0.25, 0.3) is 11.6 Å². The van der Waals surface area contributed by atoms with Gasteiger partial charge in [-0.25, -0.2) is 4.98 Å². The van der Waals surface area contributed by atoms with Gasteiger partial charge in [0.1, 0.15) is 0 Å². The number of nitrogens with zero attached hydrogens (tertiary/aromatic N) is 3. The Labute approximate surface area is 154 Å². The molecular weight excluding hydrogens is 356 g/mol. The monoisotopic (exact) mass is 370 g/mol. The zero-order valence-corrected chi connectivity index (χ0v) is 14.6. The van der Waals surface area contributed by atoms with Crippen LogP contribution in [0.3, 0.4) is 0 Å². The first-order valence-electron chi connectivity index (χ1n) is 7.79. The van der Waals surface area contributed by atoms with Crippen molar-refractivity contribution in [3.05, 3.63) is 87.4 Å². The molecule has 0 radical (unpaired) electrons. The second kappa shape index (κ2) is 7.37. The summed E-state index contributed by atoms with van der Waals surface area (Å²) in [6.45, 7) is 1.85. The normalized spacial score (nSPS) is 11.8. The maximum absolute atomic E-state index is 12.4. The highest BCUT2D eigenvalue weighted by atomic mass is 35.5. The molecule has 8 heteroatoms. The third kappa shape index (κ3) is 3.73. The summed E-state index contributed by atoms with van der Waals surface area (Å²) >= 11 is 6.00. The highest BCUT2D eigenvalue weighted by Crippen LogP contribution is 2.23. The first kappa shape index (κ1) is 17.6. The maximum Gasteiger partial charge on any atom is 0.270 e.